The van der Waals surface area contributed by atoms with Crippen LogP contribution in [-0.2, 0) is 4.74 Å². The Morgan fingerprint density at radius 2 is 1.95 bits per heavy atom. The van der Waals surface area contributed by atoms with Crippen molar-refractivity contribution in [3.8, 4) is 0 Å². The molecule has 0 saturated carbocycles. The van der Waals surface area contributed by atoms with Crippen LogP contribution in [0.1, 0.15) is 42.3 Å². The number of rotatable bonds is 2. The highest BCUT2D eigenvalue weighted by atomic mass is 19.1. The molecular formula is C14H18FNO3. The summed E-state index contributed by atoms with van der Waals surface area (Å²) in [4.78, 5) is 22.5. The van der Waals surface area contributed by atoms with Crippen LogP contribution in [0.15, 0.2) is 6.07 Å². The molecule has 0 aliphatic carbocycles. The topological polar surface area (TPSA) is 55.4 Å². The highest BCUT2D eigenvalue weighted by molar-refractivity contribution is 5.89. The zero-order chi connectivity index (χ0) is 14.8. The molecule has 0 aliphatic rings. The van der Waals surface area contributed by atoms with E-state index >= 15 is 0 Å². The summed E-state index contributed by atoms with van der Waals surface area (Å²) in [6, 6.07) is 1.47. The van der Waals surface area contributed by atoms with E-state index in [1.165, 1.54) is 13.0 Å². The lowest BCUT2D eigenvalue weighted by atomic mass is 10.0. The third-order valence-electron chi connectivity index (χ3n) is 2.51. The fourth-order valence-electron chi connectivity index (χ4n) is 1.59. The Morgan fingerprint density at radius 1 is 1.37 bits per heavy atom. The maximum Gasteiger partial charge on any atom is 0.412 e. The van der Waals surface area contributed by atoms with Crippen molar-refractivity contribution in [2.24, 2.45) is 0 Å². The number of nitrogens with one attached hydrogen (secondary N) is 1. The van der Waals surface area contributed by atoms with Gasteiger partial charge in [-0.05, 0) is 51.8 Å². The molecule has 1 aromatic carbocycles. The molecule has 0 atom stereocenters. The summed E-state index contributed by atoms with van der Waals surface area (Å²) in [6.07, 6.45) is -0.198. The molecule has 19 heavy (non-hydrogen) atoms. The van der Waals surface area contributed by atoms with E-state index in [1.54, 1.807) is 27.7 Å². The van der Waals surface area contributed by atoms with Gasteiger partial charge in [0.05, 0.1) is 5.56 Å². The Labute approximate surface area is 112 Å². The van der Waals surface area contributed by atoms with Crippen LogP contribution in [0.4, 0.5) is 14.9 Å². The number of aryl methyl sites for hydroxylation is 1. The summed E-state index contributed by atoms with van der Waals surface area (Å²) in [5.41, 5.74) is 0.365. The predicted molar refractivity (Wildman–Crippen MR) is 71.1 cm³/mol. The number of halogens is 1. The second-order valence-electron chi connectivity index (χ2n) is 5.34. The standard InChI is InChI=1S/C14H18FNO3/c1-8-6-11(9(2)10(7-17)12(8)15)16-13(18)19-14(3,4)5/h6-7H,1-5H3,(H,16,18). The molecule has 104 valence electrons. The second kappa shape index (κ2) is 5.38. The van der Waals surface area contributed by atoms with Crippen LogP contribution in [0.5, 0.6) is 0 Å². The van der Waals surface area contributed by atoms with Gasteiger partial charge < -0.3 is 4.74 Å². The lowest BCUT2D eigenvalue weighted by Crippen LogP contribution is -2.27. The Balaban J connectivity index is 3.06. The average Bonchev–Trinajstić information content (AvgIpc) is 2.24. The SMILES string of the molecule is Cc1cc(NC(=O)OC(C)(C)C)c(C)c(C=O)c1F. The minimum Gasteiger partial charge on any atom is -0.444 e. The summed E-state index contributed by atoms with van der Waals surface area (Å²) < 4.78 is 18.8. The van der Waals surface area contributed by atoms with Crippen LogP contribution in [0.2, 0.25) is 0 Å². The molecule has 5 heteroatoms. The van der Waals surface area contributed by atoms with Crippen molar-refractivity contribution in [2.75, 3.05) is 5.32 Å². The molecule has 0 heterocycles. The van der Waals surface area contributed by atoms with Crippen LogP contribution in [0, 0.1) is 19.7 Å². The van der Waals surface area contributed by atoms with Crippen molar-refractivity contribution >= 4 is 18.1 Å². The van der Waals surface area contributed by atoms with Crippen LogP contribution >= 0.6 is 0 Å². The number of ether oxygens (including phenoxy) is 1. The number of carbonyl (C=O) groups is 2. The van der Waals surface area contributed by atoms with Gasteiger partial charge in [0.15, 0.2) is 6.29 Å². The third-order valence-corrected chi connectivity index (χ3v) is 2.51. The average molecular weight is 267 g/mol. The molecule has 0 unspecified atom stereocenters. The number of anilines is 1. The van der Waals surface area contributed by atoms with Gasteiger partial charge in [0.25, 0.3) is 0 Å². The fourth-order valence-corrected chi connectivity index (χ4v) is 1.59. The first-order valence-corrected chi connectivity index (χ1v) is 5.90. The number of aldehydes is 1. The summed E-state index contributed by atoms with van der Waals surface area (Å²) >= 11 is 0. The maximum absolute atomic E-state index is 13.7. The number of hydrogen-bond acceptors (Lipinski definition) is 3. The van der Waals surface area contributed by atoms with Crippen molar-refractivity contribution in [2.45, 2.75) is 40.2 Å². The zero-order valence-corrected chi connectivity index (χ0v) is 11.8. The van der Waals surface area contributed by atoms with E-state index in [2.05, 4.69) is 5.32 Å². The lowest BCUT2D eigenvalue weighted by molar-refractivity contribution is 0.0635. The molecule has 0 saturated heterocycles. The highest BCUT2D eigenvalue weighted by Crippen LogP contribution is 2.24. The Bertz CT molecular complexity index is 518. The monoisotopic (exact) mass is 267 g/mol. The first kappa shape index (κ1) is 15.1. The van der Waals surface area contributed by atoms with Gasteiger partial charge in [-0.2, -0.15) is 0 Å². The first-order valence-electron chi connectivity index (χ1n) is 5.90. The molecule has 0 spiro atoms. The molecule has 0 bridgehead atoms. The first-order chi connectivity index (χ1) is 8.65. The van der Waals surface area contributed by atoms with E-state index in [4.69, 9.17) is 4.74 Å². The number of amides is 1. The van der Waals surface area contributed by atoms with Crippen molar-refractivity contribution in [3.05, 3.63) is 28.6 Å². The molecule has 4 nitrogen and oxygen atoms in total. The summed E-state index contributed by atoms with van der Waals surface area (Å²) in [5.74, 6) is -0.567. The van der Waals surface area contributed by atoms with Gasteiger partial charge >= 0.3 is 6.09 Å². The summed E-state index contributed by atoms with van der Waals surface area (Å²) in [6.45, 7) is 8.32. The molecule has 0 fully saturated rings. The molecule has 0 aliphatic heterocycles. The van der Waals surface area contributed by atoms with E-state index < -0.39 is 17.5 Å². The van der Waals surface area contributed by atoms with E-state index in [-0.39, 0.29) is 5.56 Å². The minimum atomic E-state index is -0.640. The molecule has 1 amide bonds. The number of benzene rings is 1. The van der Waals surface area contributed by atoms with E-state index in [0.717, 1.165) is 0 Å². The quantitative estimate of drug-likeness (QED) is 0.833. The van der Waals surface area contributed by atoms with Crippen LogP contribution in [0.3, 0.4) is 0 Å². The Hall–Kier alpha value is -1.91. The second-order valence-corrected chi connectivity index (χ2v) is 5.34. The van der Waals surface area contributed by atoms with Gasteiger partial charge in [-0.3, -0.25) is 10.1 Å². The Kier molecular flexibility index (Phi) is 4.29. The van der Waals surface area contributed by atoms with E-state index in [1.807, 2.05) is 0 Å². The van der Waals surface area contributed by atoms with Crippen LogP contribution in [-0.4, -0.2) is 18.0 Å². The third kappa shape index (κ3) is 3.77. The molecule has 0 radical (unpaired) electrons. The van der Waals surface area contributed by atoms with E-state index in [0.29, 0.717) is 23.1 Å². The maximum atomic E-state index is 13.7. The number of carbonyl (C=O) groups excluding carboxylic acids is 2. The summed E-state index contributed by atoms with van der Waals surface area (Å²) in [7, 11) is 0. The lowest BCUT2D eigenvalue weighted by Gasteiger charge is -2.20. The minimum absolute atomic E-state index is 0.0499. The van der Waals surface area contributed by atoms with Crippen molar-refractivity contribution in [1.82, 2.24) is 0 Å². The van der Waals surface area contributed by atoms with Crippen molar-refractivity contribution < 1.29 is 18.7 Å². The number of hydrogen-bond donors (Lipinski definition) is 1. The fraction of sp³-hybridized carbons (Fsp3) is 0.429. The zero-order valence-electron chi connectivity index (χ0n) is 11.8. The Morgan fingerprint density at radius 3 is 2.42 bits per heavy atom. The van der Waals surface area contributed by atoms with Crippen LogP contribution in [0.25, 0.3) is 0 Å². The van der Waals surface area contributed by atoms with Gasteiger partial charge in [0, 0.05) is 5.69 Å². The van der Waals surface area contributed by atoms with Gasteiger partial charge in [0.1, 0.15) is 11.4 Å². The molecule has 1 N–H and O–H groups in total. The molecule has 0 aromatic heterocycles. The smallest absolute Gasteiger partial charge is 0.412 e. The van der Waals surface area contributed by atoms with E-state index in [9.17, 15) is 14.0 Å². The predicted octanol–water partition coefficient (Wildman–Crippen LogP) is 3.60. The highest BCUT2D eigenvalue weighted by Gasteiger charge is 2.19. The van der Waals surface area contributed by atoms with Gasteiger partial charge in [-0.25, -0.2) is 9.18 Å². The van der Waals surface area contributed by atoms with Gasteiger partial charge in [-0.1, -0.05) is 0 Å². The normalized spacial score (nSPS) is 11.1. The molecule has 1 aromatic rings. The van der Waals surface area contributed by atoms with Gasteiger partial charge in [-0.15, -0.1) is 0 Å². The van der Waals surface area contributed by atoms with Crippen LogP contribution < -0.4 is 5.32 Å². The van der Waals surface area contributed by atoms with Crippen molar-refractivity contribution in [3.63, 3.8) is 0 Å². The van der Waals surface area contributed by atoms with Crippen molar-refractivity contribution in [1.29, 1.82) is 0 Å². The summed E-state index contributed by atoms with van der Waals surface area (Å²) in [5, 5.41) is 2.52. The molecule has 1 rings (SSSR count). The molecular weight excluding hydrogens is 249 g/mol. The van der Waals surface area contributed by atoms with Gasteiger partial charge in [0.2, 0.25) is 0 Å². The largest absolute Gasteiger partial charge is 0.444 e.